The molecule has 0 fully saturated rings. The Kier molecular flexibility index (Phi) is 6.18. The van der Waals surface area contributed by atoms with Crippen LogP contribution in [-0.2, 0) is 0 Å². The first kappa shape index (κ1) is 27.5. The van der Waals surface area contributed by atoms with Crippen LogP contribution in [0.1, 0.15) is 0 Å². The average molecular weight is 628 g/mol. The second-order valence-corrected chi connectivity index (χ2v) is 12.5. The number of nitrogens with zero attached hydrogens (tertiary/aromatic N) is 1. The van der Waals surface area contributed by atoms with Crippen LogP contribution in [0.4, 0.5) is 17.1 Å². The number of furan rings is 2. The fraction of sp³-hybridized carbons (Fsp3) is 0. The first-order chi connectivity index (χ1) is 24.3. The Balaban J connectivity index is 1.18. The van der Waals surface area contributed by atoms with Gasteiger partial charge in [0.15, 0.2) is 0 Å². The van der Waals surface area contributed by atoms with Crippen LogP contribution in [0.5, 0.6) is 0 Å². The smallest absolute Gasteiger partial charge is 0.137 e. The highest BCUT2D eigenvalue weighted by Gasteiger charge is 2.22. The summed E-state index contributed by atoms with van der Waals surface area (Å²) in [6.07, 6.45) is 0. The second-order valence-electron chi connectivity index (χ2n) is 12.5. The fourth-order valence-corrected chi connectivity index (χ4v) is 7.42. The van der Waals surface area contributed by atoms with Crippen molar-refractivity contribution in [2.45, 2.75) is 0 Å². The summed E-state index contributed by atoms with van der Waals surface area (Å²) in [6, 6.07) is 62.1. The number of hydrogen-bond donors (Lipinski definition) is 0. The standard InChI is InChI=1S/C46H29NO2/c1-2-13-34-31(11-1)12-9-17-35(34)36-14-3-6-18-40(36)47(41-19-10-22-44-46(41)39-16-5-8-21-43(39)48-44)33-26-23-30(24-27-33)32-25-28-38-37-15-4-7-20-42(37)49-45(38)29-32/h1-29H. The minimum absolute atomic E-state index is 0.863. The molecule has 3 heteroatoms. The number of anilines is 3. The molecular formula is C46H29NO2. The van der Waals surface area contributed by atoms with Crippen LogP contribution in [0.3, 0.4) is 0 Å². The summed E-state index contributed by atoms with van der Waals surface area (Å²) >= 11 is 0. The SMILES string of the molecule is c1ccc(N(c2ccc(-c3ccc4c(c3)oc3ccccc34)cc2)c2cccc3oc4ccccc4c23)c(-c2cccc3ccccc23)c1. The lowest BCUT2D eigenvalue weighted by atomic mass is 9.95. The lowest BCUT2D eigenvalue weighted by Crippen LogP contribution is -2.11. The Labute approximate surface area is 282 Å². The molecule has 0 bridgehead atoms. The zero-order valence-electron chi connectivity index (χ0n) is 26.5. The van der Waals surface area contributed by atoms with Gasteiger partial charge >= 0.3 is 0 Å². The van der Waals surface area contributed by atoms with Crippen molar-refractivity contribution in [3.05, 3.63) is 176 Å². The topological polar surface area (TPSA) is 29.5 Å². The molecule has 0 atom stereocenters. The van der Waals surface area contributed by atoms with Crippen LogP contribution >= 0.6 is 0 Å². The minimum atomic E-state index is 0.863. The largest absolute Gasteiger partial charge is 0.456 e. The summed E-state index contributed by atoms with van der Waals surface area (Å²) in [5.74, 6) is 0. The number of para-hydroxylation sites is 3. The molecule has 2 heterocycles. The zero-order chi connectivity index (χ0) is 32.3. The summed E-state index contributed by atoms with van der Waals surface area (Å²) < 4.78 is 12.6. The summed E-state index contributed by atoms with van der Waals surface area (Å²) in [5, 5.41) is 6.89. The summed E-state index contributed by atoms with van der Waals surface area (Å²) in [7, 11) is 0. The molecule has 10 rings (SSSR count). The Hall–Kier alpha value is -6.58. The van der Waals surface area contributed by atoms with E-state index in [1.807, 2.05) is 24.3 Å². The number of rotatable bonds is 5. The molecule has 49 heavy (non-hydrogen) atoms. The fourth-order valence-electron chi connectivity index (χ4n) is 7.42. The van der Waals surface area contributed by atoms with E-state index in [4.69, 9.17) is 8.83 Å². The van der Waals surface area contributed by atoms with Gasteiger partial charge in [0.05, 0.1) is 16.8 Å². The van der Waals surface area contributed by atoms with E-state index in [2.05, 4.69) is 157 Å². The summed E-state index contributed by atoms with van der Waals surface area (Å²) in [6.45, 7) is 0. The van der Waals surface area contributed by atoms with E-state index in [0.717, 1.165) is 77.6 Å². The Morgan fingerprint density at radius 1 is 0.347 bits per heavy atom. The van der Waals surface area contributed by atoms with Gasteiger partial charge in [0.25, 0.3) is 0 Å². The molecule has 0 amide bonds. The maximum atomic E-state index is 6.39. The van der Waals surface area contributed by atoms with Gasteiger partial charge in [-0.3, -0.25) is 0 Å². The van der Waals surface area contributed by atoms with Gasteiger partial charge in [0, 0.05) is 27.4 Å². The van der Waals surface area contributed by atoms with E-state index in [9.17, 15) is 0 Å². The first-order valence-corrected chi connectivity index (χ1v) is 16.6. The van der Waals surface area contributed by atoms with Gasteiger partial charge in [-0.1, -0.05) is 121 Å². The number of hydrogen-bond acceptors (Lipinski definition) is 3. The van der Waals surface area contributed by atoms with Crippen molar-refractivity contribution in [2.75, 3.05) is 4.90 Å². The molecular weight excluding hydrogens is 599 g/mol. The molecule has 0 N–H and O–H groups in total. The minimum Gasteiger partial charge on any atom is -0.456 e. The van der Waals surface area contributed by atoms with Crippen LogP contribution in [0.15, 0.2) is 185 Å². The highest BCUT2D eigenvalue weighted by atomic mass is 16.3. The van der Waals surface area contributed by atoms with Gasteiger partial charge in [-0.2, -0.15) is 0 Å². The van der Waals surface area contributed by atoms with E-state index in [0.29, 0.717) is 0 Å². The third-order valence-electron chi connectivity index (χ3n) is 9.68. The van der Waals surface area contributed by atoms with E-state index >= 15 is 0 Å². The monoisotopic (exact) mass is 627 g/mol. The molecule has 0 spiro atoms. The maximum Gasteiger partial charge on any atom is 0.137 e. The normalized spacial score (nSPS) is 11.7. The molecule has 0 aliphatic carbocycles. The molecule has 8 aromatic carbocycles. The maximum absolute atomic E-state index is 6.39. The van der Waals surface area contributed by atoms with Gasteiger partial charge in [-0.15, -0.1) is 0 Å². The van der Waals surface area contributed by atoms with E-state index in [1.54, 1.807) is 0 Å². The lowest BCUT2D eigenvalue weighted by molar-refractivity contribution is 0.668. The van der Waals surface area contributed by atoms with Crippen molar-refractivity contribution in [1.29, 1.82) is 0 Å². The summed E-state index contributed by atoms with van der Waals surface area (Å²) in [5.41, 5.74) is 11.3. The molecule has 230 valence electrons. The molecule has 0 aliphatic rings. The van der Waals surface area contributed by atoms with Crippen LogP contribution < -0.4 is 4.90 Å². The Morgan fingerprint density at radius 3 is 1.80 bits per heavy atom. The van der Waals surface area contributed by atoms with E-state index < -0.39 is 0 Å². The van der Waals surface area contributed by atoms with Gasteiger partial charge in [-0.25, -0.2) is 0 Å². The van der Waals surface area contributed by atoms with Gasteiger partial charge in [0.2, 0.25) is 0 Å². The second kappa shape index (κ2) is 11.0. The average Bonchev–Trinajstić information content (AvgIpc) is 3.74. The quantitative estimate of drug-likeness (QED) is 0.190. The third-order valence-corrected chi connectivity index (χ3v) is 9.68. The highest BCUT2D eigenvalue weighted by molar-refractivity contribution is 6.14. The zero-order valence-corrected chi connectivity index (χ0v) is 26.5. The molecule has 0 radical (unpaired) electrons. The Bertz CT molecular complexity index is 2830. The first-order valence-electron chi connectivity index (χ1n) is 16.6. The van der Waals surface area contributed by atoms with Crippen LogP contribution in [0.25, 0.3) is 76.9 Å². The highest BCUT2D eigenvalue weighted by Crippen LogP contribution is 2.47. The molecule has 0 saturated heterocycles. The predicted octanol–water partition coefficient (Wildman–Crippen LogP) is 13.4. The van der Waals surface area contributed by atoms with Crippen molar-refractivity contribution in [1.82, 2.24) is 0 Å². The van der Waals surface area contributed by atoms with Crippen molar-refractivity contribution < 1.29 is 8.83 Å². The van der Waals surface area contributed by atoms with Crippen molar-refractivity contribution in [2.24, 2.45) is 0 Å². The number of fused-ring (bicyclic) bond motifs is 7. The number of benzene rings is 8. The third kappa shape index (κ3) is 4.44. The Morgan fingerprint density at radius 2 is 0.918 bits per heavy atom. The van der Waals surface area contributed by atoms with Crippen molar-refractivity contribution >= 4 is 71.7 Å². The molecule has 0 saturated carbocycles. The molecule has 10 aromatic rings. The van der Waals surface area contributed by atoms with E-state index in [-0.39, 0.29) is 0 Å². The predicted molar refractivity (Wildman–Crippen MR) is 204 cm³/mol. The van der Waals surface area contributed by atoms with Gasteiger partial charge in [0.1, 0.15) is 22.3 Å². The van der Waals surface area contributed by atoms with Crippen molar-refractivity contribution in [3.8, 4) is 22.3 Å². The molecule has 0 unspecified atom stereocenters. The summed E-state index contributed by atoms with van der Waals surface area (Å²) in [4.78, 5) is 2.38. The lowest BCUT2D eigenvalue weighted by Gasteiger charge is -2.29. The molecule has 2 aromatic heterocycles. The van der Waals surface area contributed by atoms with Gasteiger partial charge in [-0.05, 0) is 82.1 Å². The van der Waals surface area contributed by atoms with Crippen LogP contribution in [-0.4, -0.2) is 0 Å². The molecule has 0 aliphatic heterocycles. The van der Waals surface area contributed by atoms with Crippen molar-refractivity contribution in [3.63, 3.8) is 0 Å². The molecule has 3 nitrogen and oxygen atoms in total. The van der Waals surface area contributed by atoms with Crippen LogP contribution in [0, 0.1) is 0 Å². The van der Waals surface area contributed by atoms with E-state index in [1.165, 1.54) is 16.3 Å². The van der Waals surface area contributed by atoms with Crippen LogP contribution in [0.2, 0.25) is 0 Å². The van der Waals surface area contributed by atoms with Gasteiger partial charge < -0.3 is 13.7 Å².